The molecular formula is C14H21FN2O2S. The van der Waals surface area contributed by atoms with Gasteiger partial charge in [-0.25, -0.2) is 17.5 Å². The maximum absolute atomic E-state index is 13.4. The third-order valence-corrected chi connectivity index (χ3v) is 4.74. The molecule has 0 aliphatic heterocycles. The van der Waals surface area contributed by atoms with Crippen molar-refractivity contribution in [1.82, 2.24) is 10.0 Å². The number of nitrogens with one attached hydrogen (secondary N) is 2. The van der Waals surface area contributed by atoms with Crippen LogP contribution in [0.2, 0.25) is 0 Å². The average Bonchev–Trinajstić information content (AvgIpc) is 3.21. The third kappa shape index (κ3) is 5.56. The molecule has 6 heteroatoms. The highest BCUT2D eigenvalue weighted by Crippen LogP contribution is 2.18. The molecule has 4 nitrogen and oxygen atoms in total. The van der Waals surface area contributed by atoms with Crippen molar-refractivity contribution in [3.8, 4) is 0 Å². The number of hydrogen-bond acceptors (Lipinski definition) is 3. The van der Waals surface area contributed by atoms with E-state index in [4.69, 9.17) is 0 Å². The molecule has 0 bridgehead atoms. The predicted molar refractivity (Wildman–Crippen MR) is 77.5 cm³/mol. The number of hydrogen-bond donors (Lipinski definition) is 2. The smallest absolute Gasteiger partial charge is 0.211 e. The fourth-order valence-corrected chi connectivity index (χ4v) is 3.05. The number of sulfonamides is 1. The molecule has 1 aromatic carbocycles. The van der Waals surface area contributed by atoms with Gasteiger partial charge in [0.25, 0.3) is 0 Å². The summed E-state index contributed by atoms with van der Waals surface area (Å²) in [5, 5.41) is 3.28. The second kappa shape index (κ2) is 7.15. The SMILES string of the molecule is O=S(=O)(CCCNC1CC1)NCCc1ccccc1F. The molecule has 1 aliphatic rings. The lowest BCUT2D eigenvalue weighted by molar-refractivity contribution is 0.571. The molecule has 0 spiro atoms. The van der Waals surface area contributed by atoms with Crippen molar-refractivity contribution in [3.63, 3.8) is 0 Å². The fourth-order valence-electron chi connectivity index (χ4n) is 1.97. The van der Waals surface area contributed by atoms with Crippen LogP contribution < -0.4 is 10.0 Å². The molecule has 0 amide bonds. The van der Waals surface area contributed by atoms with E-state index in [1.807, 2.05) is 0 Å². The van der Waals surface area contributed by atoms with E-state index in [9.17, 15) is 12.8 Å². The van der Waals surface area contributed by atoms with Gasteiger partial charge in [-0.1, -0.05) is 18.2 Å². The Labute approximate surface area is 119 Å². The van der Waals surface area contributed by atoms with Crippen molar-refractivity contribution < 1.29 is 12.8 Å². The standard InChI is InChI=1S/C14H21FN2O2S/c15-14-5-2-1-4-12(14)8-10-17-20(18,19)11-3-9-16-13-6-7-13/h1-2,4-5,13,16-17H,3,6-11H2. The lowest BCUT2D eigenvalue weighted by atomic mass is 10.1. The lowest BCUT2D eigenvalue weighted by Gasteiger charge is -2.07. The normalized spacial score (nSPS) is 15.4. The molecule has 2 rings (SSSR count). The second-order valence-corrected chi connectivity index (χ2v) is 7.06. The van der Waals surface area contributed by atoms with Crippen LogP contribution in [0, 0.1) is 5.82 Å². The van der Waals surface area contributed by atoms with Crippen LogP contribution in [0.15, 0.2) is 24.3 Å². The second-order valence-electron chi connectivity index (χ2n) is 5.14. The van der Waals surface area contributed by atoms with Crippen LogP contribution in [-0.4, -0.2) is 33.3 Å². The van der Waals surface area contributed by atoms with Gasteiger partial charge in [0, 0.05) is 12.6 Å². The highest BCUT2D eigenvalue weighted by molar-refractivity contribution is 7.89. The zero-order valence-electron chi connectivity index (χ0n) is 11.4. The molecule has 1 aromatic rings. The van der Waals surface area contributed by atoms with Crippen LogP contribution in [0.25, 0.3) is 0 Å². The molecule has 0 unspecified atom stereocenters. The molecule has 0 aromatic heterocycles. The van der Waals surface area contributed by atoms with E-state index in [0.29, 0.717) is 24.4 Å². The van der Waals surface area contributed by atoms with Crippen LogP contribution in [0.5, 0.6) is 0 Å². The highest BCUT2D eigenvalue weighted by Gasteiger charge is 2.20. The van der Waals surface area contributed by atoms with Gasteiger partial charge in [0.05, 0.1) is 5.75 Å². The van der Waals surface area contributed by atoms with Crippen LogP contribution in [-0.2, 0) is 16.4 Å². The Hall–Kier alpha value is -0.980. The lowest BCUT2D eigenvalue weighted by Crippen LogP contribution is -2.30. The quantitative estimate of drug-likeness (QED) is 0.678. The van der Waals surface area contributed by atoms with Gasteiger partial charge in [0.15, 0.2) is 0 Å². The minimum Gasteiger partial charge on any atom is -0.314 e. The van der Waals surface area contributed by atoms with Gasteiger partial charge >= 0.3 is 0 Å². The van der Waals surface area contributed by atoms with E-state index in [-0.39, 0.29) is 18.1 Å². The summed E-state index contributed by atoms with van der Waals surface area (Å²) in [7, 11) is -3.25. The van der Waals surface area contributed by atoms with Crippen molar-refractivity contribution in [1.29, 1.82) is 0 Å². The Morgan fingerprint density at radius 1 is 1.20 bits per heavy atom. The molecule has 20 heavy (non-hydrogen) atoms. The number of benzene rings is 1. The summed E-state index contributed by atoms with van der Waals surface area (Å²) in [5.74, 6) is -0.176. The summed E-state index contributed by atoms with van der Waals surface area (Å²) in [4.78, 5) is 0. The Morgan fingerprint density at radius 3 is 2.65 bits per heavy atom. The van der Waals surface area contributed by atoms with Crippen molar-refractivity contribution in [2.75, 3.05) is 18.8 Å². The molecule has 112 valence electrons. The summed E-state index contributed by atoms with van der Waals surface area (Å²) in [5.41, 5.74) is 0.533. The Morgan fingerprint density at radius 2 is 1.95 bits per heavy atom. The van der Waals surface area contributed by atoms with Gasteiger partial charge in [0.1, 0.15) is 5.82 Å². The Balaban J connectivity index is 1.65. The van der Waals surface area contributed by atoms with Crippen molar-refractivity contribution in [2.45, 2.75) is 31.7 Å². The largest absolute Gasteiger partial charge is 0.314 e. The number of rotatable bonds is 9. The van der Waals surface area contributed by atoms with Crippen molar-refractivity contribution in [3.05, 3.63) is 35.6 Å². The first-order valence-electron chi connectivity index (χ1n) is 7.01. The molecule has 0 heterocycles. The first-order chi connectivity index (χ1) is 9.57. The maximum atomic E-state index is 13.4. The number of halogens is 1. The zero-order valence-corrected chi connectivity index (χ0v) is 12.3. The minimum atomic E-state index is -3.25. The van der Waals surface area contributed by atoms with Gasteiger partial charge in [-0.15, -0.1) is 0 Å². The van der Waals surface area contributed by atoms with Gasteiger partial charge in [-0.3, -0.25) is 0 Å². The molecule has 2 N–H and O–H groups in total. The molecule has 1 fully saturated rings. The average molecular weight is 300 g/mol. The van der Waals surface area contributed by atoms with E-state index in [1.54, 1.807) is 18.2 Å². The van der Waals surface area contributed by atoms with E-state index < -0.39 is 10.0 Å². The third-order valence-electron chi connectivity index (χ3n) is 3.27. The van der Waals surface area contributed by atoms with Crippen LogP contribution >= 0.6 is 0 Å². The van der Waals surface area contributed by atoms with Crippen LogP contribution in [0.1, 0.15) is 24.8 Å². The molecular weight excluding hydrogens is 279 g/mol. The summed E-state index contributed by atoms with van der Waals surface area (Å²) < 4.78 is 39.3. The molecule has 0 atom stereocenters. The topological polar surface area (TPSA) is 58.2 Å². The van der Waals surface area contributed by atoms with Gasteiger partial charge in [0.2, 0.25) is 10.0 Å². The zero-order chi connectivity index (χ0) is 14.4. The van der Waals surface area contributed by atoms with Crippen molar-refractivity contribution >= 4 is 10.0 Å². The van der Waals surface area contributed by atoms with Gasteiger partial charge in [-0.2, -0.15) is 0 Å². The minimum absolute atomic E-state index is 0.115. The summed E-state index contributed by atoms with van der Waals surface area (Å²) >= 11 is 0. The molecule has 0 saturated heterocycles. The Kier molecular flexibility index (Phi) is 5.51. The van der Waals surface area contributed by atoms with Gasteiger partial charge < -0.3 is 5.32 Å². The summed E-state index contributed by atoms with van der Waals surface area (Å²) in [6.45, 7) is 0.970. The first-order valence-corrected chi connectivity index (χ1v) is 8.66. The maximum Gasteiger partial charge on any atom is 0.211 e. The fraction of sp³-hybridized carbons (Fsp3) is 0.571. The monoisotopic (exact) mass is 300 g/mol. The van der Waals surface area contributed by atoms with E-state index in [0.717, 1.165) is 6.54 Å². The van der Waals surface area contributed by atoms with E-state index in [2.05, 4.69) is 10.0 Å². The van der Waals surface area contributed by atoms with Gasteiger partial charge in [-0.05, 0) is 43.9 Å². The van der Waals surface area contributed by atoms with Crippen LogP contribution in [0.3, 0.4) is 0 Å². The predicted octanol–water partition coefficient (Wildman–Crippen LogP) is 1.43. The molecule has 1 saturated carbocycles. The first kappa shape index (κ1) is 15.4. The van der Waals surface area contributed by atoms with Crippen LogP contribution in [0.4, 0.5) is 4.39 Å². The highest BCUT2D eigenvalue weighted by atomic mass is 32.2. The van der Waals surface area contributed by atoms with Crippen molar-refractivity contribution in [2.24, 2.45) is 0 Å². The molecule has 0 radical (unpaired) electrons. The van der Waals surface area contributed by atoms with E-state index in [1.165, 1.54) is 18.9 Å². The summed E-state index contributed by atoms with van der Waals surface area (Å²) in [6, 6.07) is 7.02. The summed E-state index contributed by atoms with van der Waals surface area (Å²) in [6.07, 6.45) is 3.37. The van der Waals surface area contributed by atoms with E-state index >= 15 is 0 Å². The Bertz CT molecular complexity index is 530. The molecule has 1 aliphatic carbocycles.